The van der Waals surface area contributed by atoms with Gasteiger partial charge < -0.3 is 14.5 Å². The van der Waals surface area contributed by atoms with Crippen LogP contribution in [0.3, 0.4) is 0 Å². The van der Waals surface area contributed by atoms with Crippen molar-refractivity contribution >= 4 is 11.8 Å². The summed E-state index contributed by atoms with van der Waals surface area (Å²) in [6.07, 6.45) is 5.24. The van der Waals surface area contributed by atoms with Gasteiger partial charge in [-0.3, -0.25) is 14.3 Å². The number of rotatable bonds is 1. The molecule has 0 N–H and O–H groups in total. The summed E-state index contributed by atoms with van der Waals surface area (Å²) in [7, 11) is 1.86. The third kappa shape index (κ3) is 1.68. The lowest BCUT2D eigenvalue weighted by molar-refractivity contribution is -0.136. The average Bonchev–Trinajstić information content (AvgIpc) is 3.27. The average molecular weight is 330 g/mol. The number of aromatic nitrogens is 2. The van der Waals surface area contributed by atoms with Gasteiger partial charge in [0.2, 0.25) is 5.91 Å². The number of nitrogens with zero attached hydrogens (tertiary/aromatic N) is 4. The molecule has 3 saturated heterocycles. The minimum absolute atomic E-state index is 0.0141. The van der Waals surface area contributed by atoms with Crippen molar-refractivity contribution in [1.82, 2.24) is 19.6 Å². The molecule has 0 radical (unpaired) electrons. The van der Waals surface area contributed by atoms with E-state index in [0.717, 1.165) is 43.4 Å². The number of amides is 2. The predicted octanol–water partition coefficient (Wildman–Crippen LogP) is 0.472. The zero-order valence-electron chi connectivity index (χ0n) is 14.0. The maximum atomic E-state index is 13.3. The minimum atomic E-state index is -0.564. The largest absolute Gasteiger partial charge is 0.351 e. The lowest BCUT2D eigenvalue weighted by atomic mass is 9.95. The number of aryl methyl sites for hydroxylation is 2. The highest BCUT2D eigenvalue weighted by atomic mass is 16.5. The van der Waals surface area contributed by atoms with E-state index in [1.807, 2.05) is 16.8 Å². The van der Waals surface area contributed by atoms with Crippen molar-refractivity contribution in [3.8, 4) is 0 Å². The third-order valence-electron chi connectivity index (χ3n) is 6.18. The molecule has 2 atom stereocenters. The lowest BCUT2D eigenvalue weighted by Crippen LogP contribution is -2.49. The maximum Gasteiger partial charge on any atom is 0.272 e. The molecular formula is C17H22N4O3. The van der Waals surface area contributed by atoms with E-state index in [1.54, 1.807) is 4.68 Å². The molecule has 1 spiro atoms. The first-order valence-corrected chi connectivity index (χ1v) is 8.92. The van der Waals surface area contributed by atoms with Crippen molar-refractivity contribution in [2.45, 2.75) is 50.3 Å². The second-order valence-electron chi connectivity index (χ2n) is 7.31. The van der Waals surface area contributed by atoms with Crippen LogP contribution in [0.2, 0.25) is 0 Å². The molecular weight excluding hydrogens is 308 g/mol. The van der Waals surface area contributed by atoms with Gasteiger partial charge in [-0.25, -0.2) is 0 Å². The summed E-state index contributed by atoms with van der Waals surface area (Å²) < 4.78 is 7.73. The number of carbonyl (C=O) groups is 2. The van der Waals surface area contributed by atoms with Crippen LogP contribution < -0.4 is 0 Å². The van der Waals surface area contributed by atoms with Crippen LogP contribution in [0.4, 0.5) is 0 Å². The topological polar surface area (TPSA) is 67.7 Å². The standard InChI is InChI=1S/C17H22N4O3/c1-19-15(11-4-2-3-5-12(11)18-19)16(23)20-7-6-17-13(20)10-14(22)21(17)8-9-24-17/h13H,2-10H2,1H3/t13-,17+/m1/s1. The van der Waals surface area contributed by atoms with E-state index in [0.29, 0.717) is 31.8 Å². The number of hydrogen-bond donors (Lipinski definition) is 0. The Kier molecular flexibility index (Phi) is 2.90. The van der Waals surface area contributed by atoms with E-state index in [9.17, 15) is 9.59 Å². The van der Waals surface area contributed by atoms with Gasteiger partial charge in [0, 0.05) is 32.1 Å². The number of fused-ring (bicyclic) bond motifs is 1. The Bertz CT molecular complexity index is 742. The van der Waals surface area contributed by atoms with Gasteiger partial charge in [-0.1, -0.05) is 0 Å². The third-order valence-corrected chi connectivity index (χ3v) is 6.18. The van der Waals surface area contributed by atoms with Crippen LogP contribution in [-0.4, -0.2) is 62.9 Å². The highest BCUT2D eigenvalue weighted by molar-refractivity contribution is 5.96. The van der Waals surface area contributed by atoms with Gasteiger partial charge >= 0.3 is 0 Å². The molecule has 7 heteroatoms. The first kappa shape index (κ1) is 14.5. The second kappa shape index (κ2) is 4.81. The molecule has 0 bridgehead atoms. The Labute approximate surface area is 140 Å². The molecule has 4 aliphatic rings. The zero-order valence-corrected chi connectivity index (χ0v) is 14.0. The molecule has 7 nitrogen and oxygen atoms in total. The summed E-state index contributed by atoms with van der Waals surface area (Å²) in [5.41, 5.74) is 2.34. The number of ether oxygens (including phenoxy) is 1. The van der Waals surface area contributed by atoms with Crippen LogP contribution in [0.25, 0.3) is 0 Å². The molecule has 128 valence electrons. The summed E-state index contributed by atoms with van der Waals surface area (Å²) >= 11 is 0. The van der Waals surface area contributed by atoms with Crippen LogP contribution in [0.5, 0.6) is 0 Å². The summed E-state index contributed by atoms with van der Waals surface area (Å²) in [4.78, 5) is 29.3. The minimum Gasteiger partial charge on any atom is -0.351 e. The van der Waals surface area contributed by atoms with E-state index < -0.39 is 5.72 Å². The van der Waals surface area contributed by atoms with Gasteiger partial charge in [-0.15, -0.1) is 0 Å². The molecule has 4 heterocycles. The van der Waals surface area contributed by atoms with Gasteiger partial charge in [-0.05, 0) is 25.7 Å². The Morgan fingerprint density at radius 2 is 2.12 bits per heavy atom. The van der Waals surface area contributed by atoms with E-state index in [1.165, 1.54) is 0 Å². The monoisotopic (exact) mass is 330 g/mol. The molecule has 1 aromatic heterocycles. The van der Waals surface area contributed by atoms with Gasteiger partial charge in [0.05, 0.1) is 24.8 Å². The van der Waals surface area contributed by atoms with Crippen molar-refractivity contribution in [3.63, 3.8) is 0 Å². The summed E-state index contributed by atoms with van der Waals surface area (Å²) in [6, 6.07) is -0.158. The molecule has 0 saturated carbocycles. The first-order valence-electron chi connectivity index (χ1n) is 8.92. The van der Waals surface area contributed by atoms with Crippen molar-refractivity contribution in [2.75, 3.05) is 19.7 Å². The number of hydrogen-bond acceptors (Lipinski definition) is 4. The summed E-state index contributed by atoms with van der Waals surface area (Å²) in [6.45, 7) is 1.87. The fourth-order valence-corrected chi connectivity index (χ4v) is 5.12. The van der Waals surface area contributed by atoms with Crippen LogP contribution in [-0.2, 0) is 29.4 Å². The van der Waals surface area contributed by atoms with Gasteiger partial charge in [0.25, 0.3) is 5.91 Å². The van der Waals surface area contributed by atoms with Crippen LogP contribution in [0.1, 0.15) is 47.4 Å². The van der Waals surface area contributed by atoms with Crippen molar-refractivity contribution < 1.29 is 14.3 Å². The highest BCUT2D eigenvalue weighted by Crippen LogP contribution is 2.46. The molecule has 3 fully saturated rings. The van der Waals surface area contributed by atoms with E-state index in [-0.39, 0.29) is 17.9 Å². The van der Waals surface area contributed by atoms with Gasteiger partial charge in [0.15, 0.2) is 5.72 Å². The zero-order chi connectivity index (χ0) is 16.5. The molecule has 3 aliphatic heterocycles. The van der Waals surface area contributed by atoms with E-state index in [4.69, 9.17) is 4.74 Å². The van der Waals surface area contributed by atoms with Crippen LogP contribution >= 0.6 is 0 Å². The normalized spacial score (nSPS) is 31.4. The fraction of sp³-hybridized carbons (Fsp3) is 0.706. The van der Waals surface area contributed by atoms with Crippen molar-refractivity contribution in [2.24, 2.45) is 7.05 Å². The Hall–Kier alpha value is -1.89. The number of likely N-dealkylation sites (tertiary alicyclic amines) is 1. The first-order chi connectivity index (χ1) is 11.6. The molecule has 0 aromatic carbocycles. The predicted molar refractivity (Wildman–Crippen MR) is 84.3 cm³/mol. The van der Waals surface area contributed by atoms with Gasteiger partial charge in [0.1, 0.15) is 5.69 Å². The fourth-order valence-electron chi connectivity index (χ4n) is 5.12. The quantitative estimate of drug-likeness (QED) is 0.751. The Balaban J connectivity index is 1.51. The highest BCUT2D eigenvalue weighted by Gasteiger charge is 2.63. The molecule has 0 unspecified atom stereocenters. The van der Waals surface area contributed by atoms with E-state index >= 15 is 0 Å². The molecule has 2 amide bonds. The smallest absolute Gasteiger partial charge is 0.272 e. The van der Waals surface area contributed by atoms with Gasteiger partial charge in [-0.2, -0.15) is 5.10 Å². The van der Waals surface area contributed by atoms with Crippen LogP contribution in [0, 0.1) is 0 Å². The SMILES string of the molecule is Cn1nc2c(c1C(=O)N1CC[C@@]34OCCN3C(=O)C[C@@H]14)CCCC2. The second-order valence-corrected chi connectivity index (χ2v) is 7.31. The Morgan fingerprint density at radius 3 is 3.00 bits per heavy atom. The number of carbonyl (C=O) groups excluding carboxylic acids is 2. The van der Waals surface area contributed by atoms with Crippen molar-refractivity contribution in [3.05, 3.63) is 17.0 Å². The molecule has 24 heavy (non-hydrogen) atoms. The Morgan fingerprint density at radius 1 is 1.29 bits per heavy atom. The van der Waals surface area contributed by atoms with E-state index in [2.05, 4.69) is 5.10 Å². The molecule has 1 aromatic rings. The molecule has 5 rings (SSSR count). The maximum absolute atomic E-state index is 13.3. The lowest BCUT2D eigenvalue weighted by Gasteiger charge is -2.31. The van der Waals surface area contributed by atoms with Crippen LogP contribution in [0.15, 0.2) is 0 Å². The summed E-state index contributed by atoms with van der Waals surface area (Å²) in [5.74, 6) is 0.127. The molecule has 1 aliphatic carbocycles. The summed E-state index contributed by atoms with van der Waals surface area (Å²) in [5, 5.41) is 4.57. The van der Waals surface area contributed by atoms with Crippen molar-refractivity contribution in [1.29, 1.82) is 0 Å².